The van der Waals surface area contributed by atoms with Crippen LogP contribution in [0.3, 0.4) is 0 Å². The molecule has 1 unspecified atom stereocenters. The third-order valence-corrected chi connectivity index (χ3v) is 3.44. The van der Waals surface area contributed by atoms with Gasteiger partial charge in [-0.2, -0.15) is 0 Å². The molecule has 0 radical (unpaired) electrons. The summed E-state index contributed by atoms with van der Waals surface area (Å²) in [6.45, 7) is 2.68. The van der Waals surface area contributed by atoms with Crippen LogP contribution in [0.1, 0.15) is 0 Å². The molecule has 2 fully saturated rings. The van der Waals surface area contributed by atoms with Gasteiger partial charge in [0.25, 0.3) is 0 Å². The number of nitrogens with one attached hydrogen (secondary N) is 1. The lowest BCUT2D eigenvalue weighted by atomic mass is 10.2. The zero-order chi connectivity index (χ0) is 12.7. The van der Waals surface area contributed by atoms with Crippen molar-refractivity contribution in [3.63, 3.8) is 0 Å². The average Bonchev–Trinajstić information content (AvgIpc) is 2.71. The number of carbonyl (C=O) groups excluding carboxylic acids is 1. The van der Waals surface area contributed by atoms with Gasteiger partial charge in [0, 0.05) is 37.9 Å². The Hall–Kier alpha value is -1.69. The van der Waals surface area contributed by atoms with Gasteiger partial charge in [-0.05, 0) is 12.1 Å². The van der Waals surface area contributed by atoms with Crippen LogP contribution in [0.4, 0.5) is 19.3 Å². The number of fused-ring (bicyclic) bond motifs is 1. The first-order chi connectivity index (χ1) is 8.66. The summed E-state index contributed by atoms with van der Waals surface area (Å²) in [5.74, 6) is -1.83. The molecule has 0 bridgehead atoms. The zero-order valence-corrected chi connectivity index (χ0v) is 9.70. The minimum Gasteiger partial charge on any atom is -0.317 e. The predicted octanol–water partition coefficient (Wildman–Crippen LogP) is 1.18. The number of halogens is 2. The highest BCUT2D eigenvalue weighted by atomic mass is 19.2. The van der Waals surface area contributed by atoms with E-state index < -0.39 is 11.6 Å². The largest absolute Gasteiger partial charge is 0.324 e. The highest BCUT2D eigenvalue weighted by Gasteiger charge is 2.39. The zero-order valence-electron chi connectivity index (χ0n) is 9.70. The Bertz CT molecular complexity index is 494. The van der Waals surface area contributed by atoms with Crippen LogP contribution >= 0.6 is 0 Å². The Kier molecular flexibility index (Phi) is 2.66. The third-order valence-electron chi connectivity index (χ3n) is 3.44. The molecule has 0 aromatic heterocycles. The number of piperazine rings is 1. The summed E-state index contributed by atoms with van der Waals surface area (Å²) in [5.41, 5.74) is 0.410. The number of anilines is 1. The molecule has 3 rings (SSSR count). The van der Waals surface area contributed by atoms with E-state index in [2.05, 4.69) is 5.32 Å². The van der Waals surface area contributed by atoms with Crippen molar-refractivity contribution in [1.82, 2.24) is 10.2 Å². The Labute approximate surface area is 103 Å². The quantitative estimate of drug-likeness (QED) is 0.815. The third kappa shape index (κ3) is 1.73. The molecule has 18 heavy (non-hydrogen) atoms. The summed E-state index contributed by atoms with van der Waals surface area (Å²) >= 11 is 0. The van der Waals surface area contributed by atoms with Crippen LogP contribution in [0.15, 0.2) is 18.2 Å². The maximum atomic E-state index is 13.2. The number of benzene rings is 1. The molecule has 1 atom stereocenters. The van der Waals surface area contributed by atoms with Gasteiger partial charge in [-0.3, -0.25) is 4.90 Å². The molecule has 2 saturated heterocycles. The van der Waals surface area contributed by atoms with Crippen LogP contribution in [-0.4, -0.2) is 43.2 Å². The van der Waals surface area contributed by atoms with Gasteiger partial charge in [-0.15, -0.1) is 0 Å². The second kappa shape index (κ2) is 4.20. The Balaban J connectivity index is 1.88. The minimum absolute atomic E-state index is 0.111. The molecule has 1 aromatic carbocycles. The van der Waals surface area contributed by atoms with Crippen molar-refractivity contribution in [2.75, 3.05) is 31.1 Å². The van der Waals surface area contributed by atoms with E-state index in [9.17, 15) is 13.6 Å². The topological polar surface area (TPSA) is 35.6 Å². The van der Waals surface area contributed by atoms with Crippen molar-refractivity contribution in [2.45, 2.75) is 6.04 Å². The first-order valence-corrected chi connectivity index (χ1v) is 5.91. The van der Waals surface area contributed by atoms with E-state index in [-0.39, 0.29) is 12.1 Å². The molecule has 0 saturated carbocycles. The van der Waals surface area contributed by atoms with E-state index in [0.717, 1.165) is 25.2 Å². The fourth-order valence-corrected chi connectivity index (χ4v) is 2.49. The molecule has 4 nitrogen and oxygen atoms in total. The van der Waals surface area contributed by atoms with E-state index in [1.54, 1.807) is 4.90 Å². The maximum absolute atomic E-state index is 13.2. The lowest BCUT2D eigenvalue weighted by Crippen LogP contribution is -2.49. The van der Waals surface area contributed by atoms with Gasteiger partial charge in [0.15, 0.2) is 11.6 Å². The summed E-state index contributed by atoms with van der Waals surface area (Å²) in [4.78, 5) is 15.4. The standard InChI is InChI=1S/C12H13F2N3O/c13-10-2-1-8(5-11(10)14)17-7-9-6-15-3-4-16(9)12(17)18/h1-2,5,9,15H,3-4,6-7H2. The number of urea groups is 1. The summed E-state index contributed by atoms with van der Waals surface area (Å²) in [7, 11) is 0. The highest BCUT2D eigenvalue weighted by molar-refractivity contribution is 5.94. The highest BCUT2D eigenvalue weighted by Crippen LogP contribution is 2.25. The monoisotopic (exact) mass is 253 g/mol. The molecule has 2 aliphatic rings. The summed E-state index contributed by atoms with van der Waals surface area (Å²) in [6, 6.07) is 3.53. The van der Waals surface area contributed by atoms with Gasteiger partial charge in [-0.25, -0.2) is 13.6 Å². The van der Waals surface area contributed by atoms with Crippen LogP contribution in [0, 0.1) is 11.6 Å². The lowest BCUT2D eigenvalue weighted by Gasteiger charge is -2.28. The van der Waals surface area contributed by atoms with E-state index in [1.807, 2.05) is 0 Å². The SMILES string of the molecule is O=C1N(c2ccc(F)c(F)c2)CC2CNCCN12. The smallest absolute Gasteiger partial charge is 0.317 e. The van der Waals surface area contributed by atoms with Crippen LogP contribution in [0.5, 0.6) is 0 Å². The summed E-state index contributed by atoms with van der Waals surface area (Å²) in [5, 5.41) is 3.21. The van der Waals surface area contributed by atoms with Gasteiger partial charge in [0.1, 0.15) is 0 Å². The van der Waals surface area contributed by atoms with E-state index in [4.69, 9.17) is 0 Å². The second-order valence-corrected chi connectivity index (χ2v) is 4.54. The summed E-state index contributed by atoms with van der Waals surface area (Å²) < 4.78 is 26.1. The van der Waals surface area contributed by atoms with E-state index in [1.165, 1.54) is 11.0 Å². The lowest BCUT2D eigenvalue weighted by molar-refractivity contribution is 0.193. The Morgan fingerprint density at radius 1 is 1.28 bits per heavy atom. The normalized spacial score (nSPS) is 23.4. The van der Waals surface area contributed by atoms with Crippen LogP contribution < -0.4 is 10.2 Å². The molecule has 96 valence electrons. The Morgan fingerprint density at radius 2 is 2.11 bits per heavy atom. The molecular weight excluding hydrogens is 240 g/mol. The number of hydrogen-bond donors (Lipinski definition) is 1. The van der Waals surface area contributed by atoms with Gasteiger partial charge in [-0.1, -0.05) is 0 Å². The molecule has 1 N–H and O–H groups in total. The molecule has 1 aromatic rings. The van der Waals surface area contributed by atoms with Crippen molar-refractivity contribution in [2.24, 2.45) is 0 Å². The fraction of sp³-hybridized carbons (Fsp3) is 0.417. The second-order valence-electron chi connectivity index (χ2n) is 4.54. The van der Waals surface area contributed by atoms with Crippen molar-refractivity contribution in [3.8, 4) is 0 Å². The van der Waals surface area contributed by atoms with Gasteiger partial charge < -0.3 is 10.2 Å². The van der Waals surface area contributed by atoms with Crippen molar-refractivity contribution < 1.29 is 13.6 Å². The number of carbonyl (C=O) groups is 1. The van der Waals surface area contributed by atoms with Gasteiger partial charge >= 0.3 is 6.03 Å². The first-order valence-electron chi connectivity index (χ1n) is 5.91. The first kappa shape index (κ1) is 11.4. The van der Waals surface area contributed by atoms with Crippen molar-refractivity contribution in [3.05, 3.63) is 29.8 Å². The molecule has 0 aliphatic carbocycles. The molecule has 2 amide bonds. The number of hydrogen-bond acceptors (Lipinski definition) is 2. The fourth-order valence-electron chi connectivity index (χ4n) is 2.49. The molecular formula is C12H13F2N3O. The number of nitrogens with zero attached hydrogens (tertiary/aromatic N) is 2. The number of amides is 2. The van der Waals surface area contributed by atoms with Crippen molar-refractivity contribution >= 4 is 11.7 Å². The van der Waals surface area contributed by atoms with E-state index in [0.29, 0.717) is 18.8 Å². The van der Waals surface area contributed by atoms with Crippen LogP contribution in [0.25, 0.3) is 0 Å². The van der Waals surface area contributed by atoms with Gasteiger partial charge in [0.05, 0.1) is 6.04 Å². The molecule has 0 spiro atoms. The maximum Gasteiger partial charge on any atom is 0.324 e. The van der Waals surface area contributed by atoms with Crippen LogP contribution in [-0.2, 0) is 0 Å². The predicted molar refractivity (Wildman–Crippen MR) is 62.5 cm³/mol. The molecule has 2 heterocycles. The van der Waals surface area contributed by atoms with Crippen LogP contribution in [0.2, 0.25) is 0 Å². The van der Waals surface area contributed by atoms with Gasteiger partial charge in [0.2, 0.25) is 0 Å². The minimum atomic E-state index is -0.928. The average molecular weight is 253 g/mol. The summed E-state index contributed by atoms with van der Waals surface area (Å²) in [6.07, 6.45) is 0. The Morgan fingerprint density at radius 3 is 2.83 bits per heavy atom. The van der Waals surface area contributed by atoms with Crippen molar-refractivity contribution in [1.29, 1.82) is 0 Å². The number of rotatable bonds is 1. The molecule has 6 heteroatoms. The van der Waals surface area contributed by atoms with E-state index >= 15 is 0 Å². The molecule has 2 aliphatic heterocycles.